The summed E-state index contributed by atoms with van der Waals surface area (Å²) < 4.78 is 27.2. The van der Waals surface area contributed by atoms with Crippen LogP contribution in [0.5, 0.6) is 0 Å². The van der Waals surface area contributed by atoms with E-state index in [2.05, 4.69) is 41.3 Å². The van der Waals surface area contributed by atoms with Crippen LogP contribution in [0.25, 0.3) is 0 Å². The van der Waals surface area contributed by atoms with Crippen molar-refractivity contribution < 1.29 is 8.42 Å². The Hall–Kier alpha value is -0.840. The molecule has 0 radical (unpaired) electrons. The lowest BCUT2D eigenvalue weighted by molar-refractivity contribution is 0.581. The quantitative estimate of drug-likeness (QED) is 0.859. The van der Waals surface area contributed by atoms with Crippen molar-refractivity contribution in [2.24, 2.45) is 0 Å². The molecule has 10 heteroatoms. The van der Waals surface area contributed by atoms with E-state index in [0.29, 0.717) is 5.82 Å². The number of rotatable bonds is 4. The number of nitrogens with one attached hydrogen (secondary N) is 2. The number of halogens is 1. The van der Waals surface area contributed by atoms with Crippen LogP contribution < -0.4 is 4.72 Å². The molecule has 2 aromatic rings. The number of aromatic amines is 1. The highest BCUT2D eigenvalue weighted by Crippen LogP contribution is 2.30. The van der Waals surface area contributed by atoms with E-state index in [1.807, 2.05) is 6.92 Å². The van der Waals surface area contributed by atoms with E-state index in [0.717, 1.165) is 20.7 Å². The molecule has 0 spiro atoms. The number of aryl methyl sites for hydroxylation is 1. The van der Waals surface area contributed by atoms with Crippen LogP contribution in [0, 0.1) is 6.92 Å². The first-order valence-corrected chi connectivity index (χ1v) is 7.56. The Labute approximate surface area is 110 Å². The minimum atomic E-state index is -3.52. The fourth-order valence-electron chi connectivity index (χ4n) is 1.05. The third-order valence-electron chi connectivity index (χ3n) is 1.91. The lowest BCUT2D eigenvalue weighted by atomic mass is 10.4. The fraction of sp³-hybridized carbons (Fsp3) is 0.286. The maximum atomic E-state index is 11.9. The van der Waals surface area contributed by atoms with Gasteiger partial charge in [-0.15, -0.1) is 21.5 Å². The van der Waals surface area contributed by atoms with Crippen LogP contribution in [0.4, 0.5) is 0 Å². The molecule has 17 heavy (non-hydrogen) atoms. The summed E-state index contributed by atoms with van der Waals surface area (Å²) in [5, 5.41) is 12.9. The average molecular weight is 338 g/mol. The number of hydrogen-bond acceptors (Lipinski definition) is 6. The number of nitrogens with zero attached hydrogens (tertiary/aromatic N) is 3. The van der Waals surface area contributed by atoms with Gasteiger partial charge in [-0.05, 0) is 34.5 Å². The monoisotopic (exact) mass is 337 g/mol. The minimum absolute atomic E-state index is 0.00734. The van der Waals surface area contributed by atoms with Crippen molar-refractivity contribution in [3.8, 4) is 0 Å². The Bertz CT molecular complexity index is 587. The number of tetrazole rings is 1. The zero-order valence-corrected chi connectivity index (χ0v) is 11.9. The zero-order chi connectivity index (χ0) is 12.5. The van der Waals surface area contributed by atoms with Crippen LogP contribution >= 0.6 is 27.3 Å². The average Bonchev–Trinajstić information content (AvgIpc) is 2.87. The summed E-state index contributed by atoms with van der Waals surface area (Å²) in [7, 11) is -3.52. The Kier molecular flexibility index (Phi) is 3.56. The molecular weight excluding hydrogens is 330 g/mol. The van der Waals surface area contributed by atoms with Gasteiger partial charge < -0.3 is 0 Å². The number of hydrogen-bond donors (Lipinski definition) is 2. The lowest BCUT2D eigenvalue weighted by Crippen LogP contribution is -2.23. The maximum Gasteiger partial charge on any atom is 0.250 e. The second-order valence-corrected chi connectivity index (χ2v) is 7.54. The summed E-state index contributed by atoms with van der Waals surface area (Å²) >= 11 is 4.45. The molecule has 0 aromatic carbocycles. The molecule has 0 saturated heterocycles. The van der Waals surface area contributed by atoms with E-state index in [4.69, 9.17) is 0 Å². The molecule has 2 N–H and O–H groups in total. The van der Waals surface area contributed by atoms with E-state index in [-0.39, 0.29) is 10.8 Å². The number of sulfonamides is 1. The Morgan fingerprint density at radius 2 is 2.35 bits per heavy atom. The van der Waals surface area contributed by atoms with Gasteiger partial charge in [-0.2, -0.15) is 5.21 Å². The Balaban J connectivity index is 2.14. The van der Waals surface area contributed by atoms with Gasteiger partial charge in [0.1, 0.15) is 4.21 Å². The lowest BCUT2D eigenvalue weighted by Gasteiger charge is -2.00. The summed E-state index contributed by atoms with van der Waals surface area (Å²) in [6.07, 6.45) is 0. The van der Waals surface area contributed by atoms with Crippen LogP contribution in [0.3, 0.4) is 0 Å². The van der Waals surface area contributed by atoms with Gasteiger partial charge in [-0.25, -0.2) is 13.1 Å². The van der Waals surface area contributed by atoms with Crippen molar-refractivity contribution in [3.63, 3.8) is 0 Å². The van der Waals surface area contributed by atoms with Crippen molar-refractivity contribution >= 4 is 37.3 Å². The van der Waals surface area contributed by atoms with Gasteiger partial charge in [0.05, 0.1) is 10.3 Å². The summed E-state index contributed by atoms with van der Waals surface area (Å²) in [4.78, 5) is 0. The molecule has 2 rings (SSSR count). The van der Waals surface area contributed by atoms with Crippen molar-refractivity contribution in [1.29, 1.82) is 0 Å². The molecule has 0 atom stereocenters. The van der Waals surface area contributed by atoms with Crippen molar-refractivity contribution in [1.82, 2.24) is 25.3 Å². The SMILES string of the molecule is Cc1cc(S(=O)(=O)NCc2nn[nH]n2)sc1Br. The van der Waals surface area contributed by atoms with Crippen molar-refractivity contribution in [3.05, 3.63) is 21.2 Å². The molecule has 2 aromatic heterocycles. The molecule has 7 nitrogen and oxygen atoms in total. The van der Waals surface area contributed by atoms with Crippen molar-refractivity contribution in [2.45, 2.75) is 17.7 Å². The van der Waals surface area contributed by atoms with Gasteiger partial charge in [-0.1, -0.05) is 5.21 Å². The minimum Gasteiger partial charge on any atom is -0.206 e. The number of H-pyrrole nitrogens is 1. The van der Waals surface area contributed by atoms with Gasteiger partial charge >= 0.3 is 0 Å². The second kappa shape index (κ2) is 4.80. The number of thiophene rings is 1. The fourth-order valence-corrected chi connectivity index (χ4v) is 4.30. The van der Waals surface area contributed by atoms with Gasteiger partial charge in [0.25, 0.3) is 10.0 Å². The normalized spacial score (nSPS) is 11.9. The molecule has 0 unspecified atom stereocenters. The molecule has 0 fully saturated rings. The van der Waals surface area contributed by atoms with Crippen LogP contribution in [-0.2, 0) is 16.6 Å². The topological polar surface area (TPSA) is 101 Å². The van der Waals surface area contributed by atoms with E-state index >= 15 is 0 Å². The van der Waals surface area contributed by atoms with Gasteiger partial charge in [-0.3, -0.25) is 0 Å². The van der Waals surface area contributed by atoms with Crippen LogP contribution in [0.1, 0.15) is 11.4 Å². The highest BCUT2D eigenvalue weighted by molar-refractivity contribution is 9.11. The van der Waals surface area contributed by atoms with Gasteiger partial charge in [0.15, 0.2) is 5.82 Å². The van der Waals surface area contributed by atoms with Crippen LogP contribution in [0.2, 0.25) is 0 Å². The first-order valence-electron chi connectivity index (χ1n) is 4.47. The van der Waals surface area contributed by atoms with Crippen molar-refractivity contribution in [2.75, 3.05) is 0 Å². The largest absolute Gasteiger partial charge is 0.250 e. The smallest absolute Gasteiger partial charge is 0.206 e. The molecule has 0 amide bonds. The first-order chi connectivity index (χ1) is 7.99. The number of aromatic nitrogens is 4. The van der Waals surface area contributed by atoms with Gasteiger partial charge in [0.2, 0.25) is 0 Å². The highest BCUT2D eigenvalue weighted by atomic mass is 79.9. The highest BCUT2D eigenvalue weighted by Gasteiger charge is 2.18. The van der Waals surface area contributed by atoms with E-state index < -0.39 is 10.0 Å². The molecule has 92 valence electrons. The molecule has 2 heterocycles. The predicted octanol–water partition coefficient (Wildman–Crippen LogP) is 0.811. The maximum absolute atomic E-state index is 11.9. The molecule has 0 saturated carbocycles. The molecule has 0 bridgehead atoms. The third-order valence-corrected chi connectivity index (χ3v) is 5.92. The summed E-state index contributed by atoms with van der Waals surface area (Å²) in [6, 6.07) is 1.60. The van der Waals surface area contributed by atoms with Crippen LogP contribution in [-0.4, -0.2) is 29.0 Å². The molecular formula is C7H8BrN5O2S2. The Morgan fingerprint density at radius 3 is 2.88 bits per heavy atom. The predicted molar refractivity (Wildman–Crippen MR) is 65.0 cm³/mol. The van der Waals surface area contributed by atoms with E-state index in [1.165, 1.54) is 0 Å². The summed E-state index contributed by atoms with van der Waals surface area (Å²) in [6.45, 7) is 1.84. The Morgan fingerprint density at radius 1 is 1.59 bits per heavy atom. The van der Waals surface area contributed by atoms with Crippen LogP contribution in [0.15, 0.2) is 14.1 Å². The first kappa shape index (κ1) is 12.6. The molecule has 0 aliphatic rings. The van der Waals surface area contributed by atoms with E-state index in [9.17, 15) is 8.42 Å². The second-order valence-electron chi connectivity index (χ2n) is 3.17. The molecule has 0 aliphatic carbocycles. The van der Waals surface area contributed by atoms with E-state index in [1.54, 1.807) is 6.07 Å². The third kappa shape index (κ3) is 2.89. The van der Waals surface area contributed by atoms with Gasteiger partial charge in [0, 0.05) is 0 Å². The zero-order valence-electron chi connectivity index (χ0n) is 8.64. The standard InChI is InChI=1S/C7H8BrN5O2S2/c1-4-2-6(16-7(4)8)17(14,15)9-3-5-10-12-13-11-5/h2,9H,3H2,1H3,(H,10,11,12,13). The summed E-state index contributed by atoms with van der Waals surface area (Å²) in [5.74, 6) is 0.293. The summed E-state index contributed by atoms with van der Waals surface area (Å²) in [5.41, 5.74) is 0.884. The molecule has 0 aliphatic heterocycles.